The number of hydrogen-bond donors (Lipinski definition) is 6. The molecule has 0 unspecified atom stereocenters. The molecule has 0 spiro atoms. The van der Waals surface area contributed by atoms with E-state index < -0.39 is 40.7 Å². The minimum Gasteiger partial charge on any atom is -0.425 e. The van der Waals surface area contributed by atoms with E-state index in [2.05, 4.69) is 10.6 Å². The van der Waals surface area contributed by atoms with Gasteiger partial charge in [-0.3, -0.25) is 48.8 Å². The maximum atomic E-state index is 14.0. The summed E-state index contributed by atoms with van der Waals surface area (Å²) >= 11 is 0. The molecule has 21 heteroatoms. The van der Waals surface area contributed by atoms with Gasteiger partial charge in [0.1, 0.15) is 22.8 Å². The van der Waals surface area contributed by atoms with Crippen LogP contribution in [-0.4, -0.2) is 144 Å². The van der Waals surface area contributed by atoms with Crippen molar-refractivity contribution in [2.24, 2.45) is 0 Å². The van der Waals surface area contributed by atoms with Crippen molar-refractivity contribution in [3.05, 3.63) is 134 Å². The highest BCUT2D eigenvalue weighted by Gasteiger charge is 2.27. The zero-order valence-corrected chi connectivity index (χ0v) is 40.2. The van der Waals surface area contributed by atoms with Crippen molar-refractivity contribution in [1.82, 2.24) is 39.6 Å². The van der Waals surface area contributed by atoms with Gasteiger partial charge >= 0.3 is 0 Å². The highest BCUT2D eigenvalue weighted by atomic mass is 16.5. The van der Waals surface area contributed by atoms with E-state index in [1.165, 1.54) is 57.2 Å². The summed E-state index contributed by atoms with van der Waals surface area (Å²) < 4.78 is 0.487. The van der Waals surface area contributed by atoms with Crippen LogP contribution < -0.4 is 21.8 Å². The SMILES string of the molecule is C/C=C\C=C(\C(=O)N(CCCCN(CCCNC(=O)C1=CCCC(=O)N1O)C(=O)c1cccc(=O)n1O)CCCN(CCc1ccc(NC)cc1)C(=O)c1cccc(=O)n1O)N(O)C=O.CC.CC. The molecule has 1 aromatic carbocycles. The van der Waals surface area contributed by atoms with Gasteiger partial charge in [0, 0.05) is 77.1 Å². The molecule has 69 heavy (non-hydrogen) atoms. The van der Waals surface area contributed by atoms with Gasteiger partial charge in [-0.15, -0.1) is 9.46 Å². The van der Waals surface area contributed by atoms with E-state index >= 15 is 0 Å². The standard InChI is InChI=1S/C44H55N9O12.2C2H6/c1-3-4-12-35(50(62)31-54)42(59)48(28-11-29-49(30-23-32-19-21-33(45-2)22-20-32)44(61)37-15-9-18-40(57)53(37)65)26-6-5-25-47(43(60)36-14-8-17-39(56)52(36)64)27-10-24-46-41(58)34-13-7-16-38(55)51(34)63;2*1-2/h3-4,8-9,12-15,17-22,31,45,62-65H,5-7,10-11,16,23-30H2,1-2H3,(H,46,58);2*1-2H3/b4-3-,35-12-;;. The van der Waals surface area contributed by atoms with Crippen LogP contribution in [0.3, 0.4) is 0 Å². The maximum absolute atomic E-state index is 14.0. The van der Waals surface area contributed by atoms with E-state index in [4.69, 9.17) is 0 Å². The number of aromatic nitrogens is 2. The molecule has 6 amide bonds. The Morgan fingerprint density at radius 2 is 1.23 bits per heavy atom. The van der Waals surface area contributed by atoms with Crippen LogP contribution in [0.25, 0.3) is 0 Å². The fourth-order valence-electron chi connectivity index (χ4n) is 6.78. The second-order valence-corrected chi connectivity index (χ2v) is 14.7. The lowest BCUT2D eigenvalue weighted by molar-refractivity contribution is -0.161. The Bertz CT molecular complexity index is 2380. The van der Waals surface area contributed by atoms with Gasteiger partial charge < -0.3 is 35.7 Å². The summed E-state index contributed by atoms with van der Waals surface area (Å²) in [5, 5.41) is 47.2. The number of benzene rings is 1. The van der Waals surface area contributed by atoms with Gasteiger partial charge in [-0.25, -0.2) is 0 Å². The number of nitrogens with one attached hydrogen (secondary N) is 2. The number of unbranched alkanes of at least 4 members (excludes halogenated alkanes) is 1. The number of anilines is 1. The minimum absolute atomic E-state index is 0.00345. The third-order valence-corrected chi connectivity index (χ3v) is 10.3. The van der Waals surface area contributed by atoms with E-state index in [9.17, 15) is 59.2 Å². The molecule has 4 rings (SSSR count). The number of pyridine rings is 2. The van der Waals surface area contributed by atoms with Gasteiger partial charge in [0.2, 0.25) is 6.41 Å². The van der Waals surface area contributed by atoms with Crippen LogP contribution in [0.2, 0.25) is 0 Å². The van der Waals surface area contributed by atoms with Crippen molar-refractivity contribution < 1.29 is 49.6 Å². The predicted molar refractivity (Wildman–Crippen MR) is 257 cm³/mol. The first-order valence-corrected chi connectivity index (χ1v) is 23.0. The second-order valence-electron chi connectivity index (χ2n) is 14.7. The summed E-state index contributed by atoms with van der Waals surface area (Å²) in [5.74, 6) is -3.41. The van der Waals surface area contributed by atoms with Gasteiger partial charge in [-0.05, 0) is 81.4 Å². The molecule has 0 fully saturated rings. The lowest BCUT2D eigenvalue weighted by Crippen LogP contribution is -2.42. The Labute approximate surface area is 401 Å². The predicted octanol–water partition coefficient (Wildman–Crippen LogP) is 4.11. The van der Waals surface area contributed by atoms with Gasteiger partial charge in [0.05, 0.1) is 0 Å². The molecule has 6 N–H and O–H groups in total. The lowest BCUT2D eigenvalue weighted by atomic mass is 10.1. The van der Waals surface area contributed by atoms with Gasteiger partial charge in [-0.2, -0.15) is 10.1 Å². The minimum atomic E-state index is -0.839. The monoisotopic (exact) mass is 961 g/mol. The average molecular weight is 962 g/mol. The van der Waals surface area contributed by atoms with Crippen molar-refractivity contribution >= 4 is 41.6 Å². The Morgan fingerprint density at radius 3 is 1.78 bits per heavy atom. The second kappa shape index (κ2) is 30.7. The Balaban J connectivity index is 0.00000397. The maximum Gasteiger partial charge on any atom is 0.283 e. The first kappa shape index (κ1) is 57.6. The fraction of sp³-hybridized carbons (Fsp3) is 0.417. The number of rotatable bonds is 24. The highest BCUT2D eigenvalue weighted by Crippen LogP contribution is 2.16. The van der Waals surface area contributed by atoms with Crippen molar-refractivity contribution in [3.63, 3.8) is 0 Å². The number of nitrogens with zero attached hydrogens (tertiary/aromatic N) is 7. The van der Waals surface area contributed by atoms with Crippen LogP contribution >= 0.6 is 0 Å². The highest BCUT2D eigenvalue weighted by molar-refractivity contribution is 5.98. The van der Waals surface area contributed by atoms with E-state index in [1.807, 2.05) is 52.0 Å². The molecule has 1 aliphatic rings. The summed E-state index contributed by atoms with van der Waals surface area (Å²) in [7, 11) is 1.79. The number of amides is 6. The summed E-state index contributed by atoms with van der Waals surface area (Å²) in [4.78, 5) is 106. The first-order chi connectivity index (χ1) is 33.2. The quantitative estimate of drug-likeness (QED) is 0.0141. The Morgan fingerprint density at radius 1 is 0.710 bits per heavy atom. The molecule has 376 valence electrons. The molecule has 3 aromatic rings. The molecule has 21 nitrogen and oxygen atoms in total. The van der Waals surface area contributed by atoms with Crippen LogP contribution in [0, 0.1) is 0 Å². The van der Waals surface area contributed by atoms with E-state index in [-0.39, 0.29) is 133 Å². The van der Waals surface area contributed by atoms with Crippen LogP contribution in [0.4, 0.5) is 5.69 Å². The molecule has 2 aromatic heterocycles. The summed E-state index contributed by atoms with van der Waals surface area (Å²) in [5.41, 5.74) is -1.02. The van der Waals surface area contributed by atoms with Gasteiger partial charge in [0.25, 0.3) is 40.7 Å². The lowest BCUT2D eigenvalue weighted by Gasteiger charge is -2.28. The van der Waals surface area contributed by atoms with Crippen molar-refractivity contribution in [3.8, 4) is 0 Å². The molecule has 0 bridgehead atoms. The Hall–Kier alpha value is -7.52. The van der Waals surface area contributed by atoms with Crippen LogP contribution in [0.15, 0.2) is 106 Å². The molecule has 0 atom stereocenters. The topological polar surface area (TPSA) is 268 Å². The first-order valence-electron chi connectivity index (χ1n) is 23.0. The molecule has 0 saturated carbocycles. The average Bonchev–Trinajstić information content (AvgIpc) is 3.37. The zero-order chi connectivity index (χ0) is 51.5. The number of carbonyl (C=O) groups is 6. The molecule has 1 aliphatic heterocycles. The van der Waals surface area contributed by atoms with Crippen molar-refractivity contribution in [1.29, 1.82) is 0 Å². The van der Waals surface area contributed by atoms with E-state index in [0.29, 0.717) is 6.42 Å². The summed E-state index contributed by atoms with van der Waals surface area (Å²) in [6, 6.07) is 15.0. The van der Waals surface area contributed by atoms with Crippen molar-refractivity contribution in [2.75, 3.05) is 58.2 Å². The number of hydrogen-bond acceptors (Lipinski definition) is 13. The molecule has 0 aliphatic carbocycles. The van der Waals surface area contributed by atoms with Crippen molar-refractivity contribution in [2.45, 2.75) is 79.6 Å². The largest absolute Gasteiger partial charge is 0.425 e. The number of hydroxylamine groups is 4. The van der Waals surface area contributed by atoms with Crippen LogP contribution in [0.5, 0.6) is 0 Å². The molecule has 3 heterocycles. The van der Waals surface area contributed by atoms with Gasteiger partial charge in [0.15, 0.2) is 0 Å². The third-order valence-electron chi connectivity index (χ3n) is 10.3. The fourth-order valence-corrected chi connectivity index (χ4v) is 6.78. The summed E-state index contributed by atoms with van der Waals surface area (Å²) in [6.07, 6.45) is 7.37. The van der Waals surface area contributed by atoms with Crippen LogP contribution in [-0.2, 0) is 25.6 Å². The molecule has 0 radical (unpaired) electrons. The summed E-state index contributed by atoms with van der Waals surface area (Å²) in [6.45, 7) is 10.00. The Kier molecular flexibility index (Phi) is 25.6. The molecular formula is C48H67N9O12. The van der Waals surface area contributed by atoms with E-state index in [1.54, 1.807) is 20.0 Å². The van der Waals surface area contributed by atoms with Crippen LogP contribution in [0.1, 0.15) is 99.7 Å². The normalized spacial score (nSPS) is 12.1. The smallest absolute Gasteiger partial charge is 0.283 e. The molecule has 0 saturated heterocycles. The van der Waals surface area contributed by atoms with Gasteiger partial charge in [-0.1, -0.05) is 70.2 Å². The molecular weight excluding hydrogens is 895 g/mol. The third kappa shape index (κ3) is 17.3. The number of carbonyl (C=O) groups excluding carboxylic acids is 6. The van der Waals surface area contributed by atoms with E-state index in [0.717, 1.165) is 23.4 Å². The number of allylic oxidation sites excluding steroid dienone is 4. The zero-order valence-electron chi connectivity index (χ0n) is 40.2.